The Labute approximate surface area is 66.8 Å². The van der Waals surface area contributed by atoms with E-state index in [1.54, 1.807) is 0 Å². The largest absolute Gasteiger partial charge is 0.480 e. The van der Waals surface area contributed by atoms with Crippen molar-refractivity contribution >= 4 is 5.97 Å². The third kappa shape index (κ3) is 4.75. The van der Waals surface area contributed by atoms with Crippen molar-refractivity contribution in [3.8, 4) is 0 Å². The van der Waals surface area contributed by atoms with Crippen LogP contribution in [-0.4, -0.2) is 23.8 Å². The minimum absolute atomic E-state index is 0.0849. The molecule has 0 aliphatic carbocycles. The highest BCUT2D eigenvalue weighted by Gasteiger charge is 2.20. The lowest BCUT2D eigenvalue weighted by atomic mass is 9.93. The molecule has 66 valence electrons. The van der Waals surface area contributed by atoms with Crippen LogP contribution >= 0.6 is 0 Å². The number of nitrogens with one attached hydrogen (secondary N) is 1. The Hall–Kier alpha value is -0.610. The fourth-order valence-corrected chi connectivity index (χ4v) is 0.503. The summed E-state index contributed by atoms with van der Waals surface area (Å²) < 4.78 is 0. The van der Waals surface area contributed by atoms with Gasteiger partial charge in [-0.2, -0.15) is 0 Å². The zero-order valence-corrected chi connectivity index (χ0v) is 7.22. The Balaban J connectivity index is 3.70. The fourth-order valence-electron chi connectivity index (χ4n) is 0.503. The van der Waals surface area contributed by atoms with Crippen LogP contribution in [0.4, 0.5) is 0 Å². The first kappa shape index (κ1) is 10.4. The van der Waals surface area contributed by atoms with Gasteiger partial charge in [-0.3, -0.25) is 10.1 Å². The average Bonchev–Trinajstić information content (AvgIpc) is 1.80. The van der Waals surface area contributed by atoms with E-state index < -0.39 is 5.97 Å². The van der Waals surface area contributed by atoms with E-state index >= 15 is 0 Å². The highest BCUT2D eigenvalue weighted by Crippen LogP contribution is 2.14. The van der Waals surface area contributed by atoms with E-state index in [2.05, 4.69) is 5.32 Å². The maximum absolute atomic E-state index is 10.1. The Bertz CT molecular complexity index is 140. The van der Waals surface area contributed by atoms with E-state index in [4.69, 9.17) is 10.8 Å². The summed E-state index contributed by atoms with van der Waals surface area (Å²) >= 11 is 0. The number of hydrogen-bond acceptors (Lipinski definition) is 3. The highest BCUT2D eigenvalue weighted by molar-refractivity contribution is 5.69. The van der Waals surface area contributed by atoms with Gasteiger partial charge in [0.15, 0.2) is 0 Å². The number of carboxylic acid groups (broad SMARTS) is 1. The maximum atomic E-state index is 10.1. The van der Waals surface area contributed by atoms with Crippen molar-refractivity contribution in [3.05, 3.63) is 0 Å². The Morgan fingerprint density at radius 3 is 2.36 bits per heavy atom. The maximum Gasteiger partial charge on any atom is 0.317 e. The van der Waals surface area contributed by atoms with Crippen LogP contribution in [0, 0.1) is 5.41 Å². The minimum atomic E-state index is -0.885. The van der Waals surface area contributed by atoms with E-state index in [9.17, 15) is 4.79 Å². The van der Waals surface area contributed by atoms with Crippen LogP contribution in [0.3, 0.4) is 0 Å². The molecule has 1 unspecified atom stereocenters. The Morgan fingerprint density at radius 1 is 1.64 bits per heavy atom. The van der Waals surface area contributed by atoms with E-state index in [1.807, 2.05) is 20.8 Å². The second kappa shape index (κ2) is 3.69. The lowest BCUT2D eigenvalue weighted by Gasteiger charge is -2.27. The molecule has 1 atom stereocenters. The lowest BCUT2D eigenvalue weighted by Crippen LogP contribution is -2.49. The van der Waals surface area contributed by atoms with Crippen molar-refractivity contribution in [2.75, 3.05) is 6.54 Å². The second-order valence-electron chi connectivity index (χ2n) is 3.62. The molecule has 4 heteroatoms. The van der Waals surface area contributed by atoms with Crippen molar-refractivity contribution in [1.29, 1.82) is 0 Å². The first-order chi connectivity index (χ1) is 4.84. The summed E-state index contributed by atoms with van der Waals surface area (Å²) in [5.41, 5.74) is 5.52. The number of hydrogen-bond donors (Lipinski definition) is 3. The first-order valence-corrected chi connectivity index (χ1v) is 3.55. The first-order valence-electron chi connectivity index (χ1n) is 3.55. The summed E-state index contributed by atoms with van der Waals surface area (Å²) in [7, 11) is 0. The predicted molar refractivity (Wildman–Crippen MR) is 43.1 cm³/mol. The minimum Gasteiger partial charge on any atom is -0.480 e. The molecule has 0 bridgehead atoms. The van der Waals surface area contributed by atoms with Gasteiger partial charge in [-0.1, -0.05) is 20.8 Å². The monoisotopic (exact) mass is 160 g/mol. The molecule has 0 spiro atoms. The van der Waals surface area contributed by atoms with E-state index in [-0.39, 0.29) is 18.1 Å². The second-order valence-corrected chi connectivity index (χ2v) is 3.62. The van der Waals surface area contributed by atoms with Gasteiger partial charge in [-0.05, 0) is 5.41 Å². The summed E-state index contributed by atoms with van der Waals surface area (Å²) in [5, 5.41) is 11.0. The summed E-state index contributed by atoms with van der Waals surface area (Å²) in [6.07, 6.45) is -0.279. The van der Waals surface area contributed by atoms with E-state index in [0.29, 0.717) is 0 Å². The molecule has 0 aliphatic rings. The molecule has 0 aromatic carbocycles. The van der Waals surface area contributed by atoms with Crippen molar-refractivity contribution < 1.29 is 9.90 Å². The van der Waals surface area contributed by atoms with Gasteiger partial charge in [-0.15, -0.1) is 0 Å². The van der Waals surface area contributed by atoms with Gasteiger partial charge in [0, 0.05) is 0 Å². The normalized spacial score (nSPS) is 14.5. The van der Waals surface area contributed by atoms with Gasteiger partial charge in [0.05, 0.1) is 12.7 Å². The van der Waals surface area contributed by atoms with Crippen LogP contribution < -0.4 is 11.1 Å². The van der Waals surface area contributed by atoms with Crippen molar-refractivity contribution in [1.82, 2.24) is 5.32 Å². The standard InChI is InChI=1S/C7H16N2O2/c1-7(2,3)6(8)9-4-5(10)11/h6,9H,4,8H2,1-3H3,(H,10,11). The molecule has 0 fully saturated rings. The van der Waals surface area contributed by atoms with Crippen LogP contribution in [0.25, 0.3) is 0 Å². The highest BCUT2D eigenvalue weighted by atomic mass is 16.4. The molecule has 0 rings (SSSR count). The van der Waals surface area contributed by atoms with Crippen molar-refractivity contribution in [3.63, 3.8) is 0 Å². The van der Waals surface area contributed by atoms with Gasteiger partial charge >= 0.3 is 5.97 Å². The molecule has 11 heavy (non-hydrogen) atoms. The average molecular weight is 160 g/mol. The summed E-state index contributed by atoms with van der Waals surface area (Å²) in [4.78, 5) is 10.1. The Morgan fingerprint density at radius 2 is 2.09 bits per heavy atom. The number of nitrogens with two attached hydrogens (primary N) is 1. The van der Waals surface area contributed by atoms with Crippen molar-refractivity contribution in [2.45, 2.75) is 26.9 Å². The molecule has 4 nitrogen and oxygen atoms in total. The smallest absolute Gasteiger partial charge is 0.317 e. The molecule has 0 amide bonds. The number of carboxylic acids is 1. The molecule has 0 saturated heterocycles. The molecule has 0 aliphatic heterocycles. The zero-order chi connectivity index (χ0) is 9.07. The molecule has 0 heterocycles. The van der Waals surface area contributed by atoms with Gasteiger partial charge in [-0.25, -0.2) is 0 Å². The molecule has 0 radical (unpaired) electrons. The zero-order valence-electron chi connectivity index (χ0n) is 7.22. The molecule has 0 aromatic rings. The third-order valence-corrected chi connectivity index (χ3v) is 1.41. The summed E-state index contributed by atoms with van der Waals surface area (Å²) in [6.45, 7) is 5.77. The quantitative estimate of drug-likeness (QED) is 0.508. The summed E-state index contributed by atoms with van der Waals surface area (Å²) in [6, 6.07) is 0. The fraction of sp³-hybridized carbons (Fsp3) is 0.857. The number of aliphatic carboxylic acids is 1. The molecule has 4 N–H and O–H groups in total. The molecular formula is C7H16N2O2. The van der Waals surface area contributed by atoms with Crippen molar-refractivity contribution in [2.24, 2.45) is 11.1 Å². The topological polar surface area (TPSA) is 75.3 Å². The molecular weight excluding hydrogens is 144 g/mol. The molecule has 0 saturated carbocycles. The van der Waals surface area contributed by atoms with Gasteiger partial charge < -0.3 is 10.8 Å². The lowest BCUT2D eigenvalue weighted by molar-refractivity contribution is -0.136. The third-order valence-electron chi connectivity index (χ3n) is 1.41. The van der Waals surface area contributed by atoms with Gasteiger partial charge in [0.2, 0.25) is 0 Å². The summed E-state index contributed by atoms with van der Waals surface area (Å²) in [5.74, 6) is -0.885. The Kier molecular flexibility index (Phi) is 3.48. The van der Waals surface area contributed by atoms with Crippen LogP contribution in [-0.2, 0) is 4.79 Å². The predicted octanol–water partition coefficient (Wildman–Crippen LogP) is -0.00850. The van der Waals surface area contributed by atoms with Crippen LogP contribution in [0.1, 0.15) is 20.8 Å². The van der Waals surface area contributed by atoms with Gasteiger partial charge in [0.1, 0.15) is 0 Å². The molecule has 0 aromatic heterocycles. The van der Waals surface area contributed by atoms with E-state index in [0.717, 1.165) is 0 Å². The van der Waals surface area contributed by atoms with Gasteiger partial charge in [0.25, 0.3) is 0 Å². The van der Waals surface area contributed by atoms with Crippen LogP contribution in [0.15, 0.2) is 0 Å². The van der Waals surface area contributed by atoms with Crippen LogP contribution in [0.2, 0.25) is 0 Å². The van der Waals surface area contributed by atoms with Crippen LogP contribution in [0.5, 0.6) is 0 Å². The van der Waals surface area contributed by atoms with E-state index in [1.165, 1.54) is 0 Å². The SMILES string of the molecule is CC(C)(C)C(N)NCC(=O)O. The number of carbonyl (C=O) groups is 1. The number of rotatable bonds is 3.